The molecule has 0 aliphatic heterocycles. The van der Waals surface area contributed by atoms with Crippen LogP contribution in [0.5, 0.6) is 0 Å². The first kappa shape index (κ1) is 26.8. The van der Waals surface area contributed by atoms with Gasteiger partial charge in [0.1, 0.15) is 0 Å². The second kappa shape index (κ2) is 11.1. The minimum atomic E-state index is 0.821. The molecule has 0 aromatic heterocycles. The number of guanidine groups is 3. The van der Waals surface area contributed by atoms with Crippen LogP contribution in [0.15, 0.2) is 45.3 Å². The number of nitrogens with zero attached hydrogens (tertiary/aromatic N) is 9. The molecule has 0 radical (unpaired) electrons. The third-order valence-electron chi connectivity index (χ3n) is 4.99. The summed E-state index contributed by atoms with van der Waals surface area (Å²) in [6.07, 6.45) is 0. The molecule has 186 valence electrons. The molecule has 0 aliphatic carbocycles. The fourth-order valence-corrected chi connectivity index (χ4v) is 3.75. The van der Waals surface area contributed by atoms with Crippen molar-refractivity contribution in [3.8, 4) is 0 Å². The third-order valence-corrected chi connectivity index (χ3v) is 4.99. The van der Waals surface area contributed by atoms with E-state index in [0.717, 1.165) is 45.7 Å². The highest BCUT2D eigenvalue weighted by molar-refractivity contribution is 6.06. The van der Waals surface area contributed by atoms with Gasteiger partial charge in [0, 0.05) is 90.0 Å². The van der Waals surface area contributed by atoms with Crippen molar-refractivity contribution < 1.29 is 0 Å². The molecule has 0 aliphatic rings. The molecule has 0 fully saturated rings. The Balaban J connectivity index is 2.96. The lowest BCUT2D eigenvalue weighted by Gasteiger charge is -2.24. The molecule has 0 unspecified atom stereocenters. The predicted octanol–water partition coefficient (Wildman–Crippen LogP) is 3.17. The number of hydrogen-bond acceptors (Lipinski definition) is 3. The first-order valence-corrected chi connectivity index (χ1v) is 11.2. The summed E-state index contributed by atoms with van der Waals surface area (Å²) in [5, 5.41) is 2.02. The number of rotatable bonds is 3. The van der Waals surface area contributed by atoms with Crippen molar-refractivity contribution in [2.75, 3.05) is 84.6 Å². The Labute approximate surface area is 205 Å². The van der Waals surface area contributed by atoms with E-state index in [9.17, 15) is 0 Å². The maximum Gasteiger partial charge on any atom is 0.200 e. The van der Waals surface area contributed by atoms with Crippen LogP contribution in [0.25, 0.3) is 10.8 Å². The van der Waals surface area contributed by atoms with Gasteiger partial charge in [-0.05, 0) is 23.6 Å². The fraction of sp³-hybridized carbons (Fsp3) is 0.480. The normalized spacial score (nSPS) is 10.4. The van der Waals surface area contributed by atoms with Crippen LogP contribution in [0.2, 0.25) is 0 Å². The Kier molecular flexibility index (Phi) is 8.73. The van der Waals surface area contributed by atoms with E-state index in [4.69, 9.17) is 15.0 Å². The van der Waals surface area contributed by atoms with Gasteiger partial charge in [-0.2, -0.15) is 0 Å². The van der Waals surface area contributed by atoms with Crippen molar-refractivity contribution in [1.29, 1.82) is 0 Å². The molecule has 9 nitrogen and oxygen atoms in total. The van der Waals surface area contributed by atoms with Crippen LogP contribution in [-0.4, -0.2) is 132 Å². The molecule has 0 heterocycles. The van der Waals surface area contributed by atoms with E-state index in [1.54, 1.807) is 0 Å². The number of fused-ring (bicyclic) bond motifs is 1. The average molecular weight is 468 g/mol. The van der Waals surface area contributed by atoms with Crippen LogP contribution < -0.4 is 0 Å². The van der Waals surface area contributed by atoms with Crippen LogP contribution in [0, 0.1) is 0 Å². The van der Waals surface area contributed by atoms with Gasteiger partial charge in [-0.3, -0.25) is 0 Å². The number of hydrogen-bond donors (Lipinski definition) is 0. The smallest absolute Gasteiger partial charge is 0.200 e. The Morgan fingerprint density at radius 2 is 0.912 bits per heavy atom. The van der Waals surface area contributed by atoms with Crippen molar-refractivity contribution in [1.82, 2.24) is 29.4 Å². The summed E-state index contributed by atoms with van der Waals surface area (Å²) < 4.78 is 0. The van der Waals surface area contributed by atoms with Crippen molar-refractivity contribution in [3.63, 3.8) is 0 Å². The van der Waals surface area contributed by atoms with Gasteiger partial charge >= 0.3 is 0 Å². The molecule has 0 spiro atoms. The van der Waals surface area contributed by atoms with E-state index in [0.29, 0.717) is 0 Å². The van der Waals surface area contributed by atoms with Crippen molar-refractivity contribution >= 4 is 45.7 Å². The van der Waals surface area contributed by atoms with Gasteiger partial charge in [0.05, 0.1) is 17.1 Å². The standard InChI is InChI=1S/C25H41N9/c1-29(2)23(30(3)4)26-19-16-18-14-13-15-20(27-24(31(5)6)32(7)8)22(18)21(17-19)28-25(33(9)10)34(11)12/h13-17H,1-12H3. The van der Waals surface area contributed by atoms with E-state index in [1.165, 1.54) is 0 Å². The lowest BCUT2D eigenvalue weighted by atomic mass is 10.1. The van der Waals surface area contributed by atoms with Gasteiger partial charge in [-0.25, -0.2) is 15.0 Å². The summed E-state index contributed by atoms with van der Waals surface area (Å²) in [5.41, 5.74) is 2.52. The molecule has 0 amide bonds. The van der Waals surface area contributed by atoms with E-state index in [2.05, 4.69) is 12.1 Å². The second-order valence-electron chi connectivity index (χ2n) is 9.44. The maximum atomic E-state index is 5.08. The van der Waals surface area contributed by atoms with E-state index in [-0.39, 0.29) is 0 Å². The zero-order valence-corrected chi connectivity index (χ0v) is 22.9. The molecule has 0 atom stereocenters. The molecular weight excluding hydrogens is 426 g/mol. The summed E-state index contributed by atoms with van der Waals surface area (Å²) in [4.78, 5) is 27.0. The summed E-state index contributed by atoms with van der Waals surface area (Å²) in [5.74, 6) is 2.54. The van der Waals surface area contributed by atoms with Gasteiger partial charge in [-0.15, -0.1) is 0 Å². The molecule has 2 aromatic rings. The Hall–Kier alpha value is -3.49. The summed E-state index contributed by atoms with van der Waals surface area (Å²) >= 11 is 0. The molecule has 0 saturated carbocycles. The molecule has 2 aromatic carbocycles. The van der Waals surface area contributed by atoms with E-state index < -0.39 is 0 Å². The average Bonchev–Trinajstić information content (AvgIpc) is 2.72. The monoisotopic (exact) mass is 467 g/mol. The number of benzene rings is 2. The Bertz CT molecular complexity index is 1050. The van der Waals surface area contributed by atoms with Gasteiger partial charge < -0.3 is 29.4 Å². The summed E-state index contributed by atoms with van der Waals surface area (Å²) in [6.45, 7) is 0. The van der Waals surface area contributed by atoms with Gasteiger partial charge in [-0.1, -0.05) is 12.1 Å². The fourth-order valence-electron chi connectivity index (χ4n) is 3.75. The highest BCUT2D eigenvalue weighted by Gasteiger charge is 2.15. The zero-order valence-electron chi connectivity index (χ0n) is 22.9. The Morgan fingerprint density at radius 1 is 0.500 bits per heavy atom. The van der Waals surface area contributed by atoms with Gasteiger partial charge in [0.2, 0.25) is 17.9 Å². The SMILES string of the molecule is CN(C)C(=Nc1cc(N=C(N(C)C)N(C)C)c2c(N=C(N(C)C)N(C)C)cccc2c1)N(C)C. The summed E-state index contributed by atoms with van der Waals surface area (Å²) in [6, 6.07) is 10.3. The van der Waals surface area contributed by atoms with E-state index >= 15 is 0 Å². The first-order valence-electron chi connectivity index (χ1n) is 11.2. The molecule has 0 N–H and O–H groups in total. The van der Waals surface area contributed by atoms with Gasteiger partial charge in [0.15, 0.2) is 0 Å². The summed E-state index contributed by atoms with van der Waals surface area (Å²) in [7, 11) is 23.9. The van der Waals surface area contributed by atoms with Crippen molar-refractivity contribution in [3.05, 3.63) is 30.3 Å². The Morgan fingerprint density at radius 3 is 1.35 bits per heavy atom. The van der Waals surface area contributed by atoms with Crippen molar-refractivity contribution in [2.45, 2.75) is 0 Å². The molecule has 0 saturated heterocycles. The highest BCUT2D eigenvalue weighted by Crippen LogP contribution is 2.38. The minimum Gasteiger partial charge on any atom is -0.349 e. The first-order chi connectivity index (χ1) is 15.8. The molecule has 0 bridgehead atoms. The lowest BCUT2D eigenvalue weighted by molar-refractivity contribution is 0.484. The quantitative estimate of drug-likeness (QED) is 0.511. The largest absolute Gasteiger partial charge is 0.349 e. The van der Waals surface area contributed by atoms with Crippen LogP contribution in [0.1, 0.15) is 0 Å². The maximum absolute atomic E-state index is 5.08. The highest BCUT2D eigenvalue weighted by atomic mass is 15.3. The van der Waals surface area contributed by atoms with Crippen LogP contribution in [-0.2, 0) is 0 Å². The topological polar surface area (TPSA) is 56.5 Å². The van der Waals surface area contributed by atoms with Gasteiger partial charge in [0.25, 0.3) is 0 Å². The van der Waals surface area contributed by atoms with Crippen LogP contribution in [0.4, 0.5) is 17.1 Å². The molecular formula is C25H41N9. The number of aliphatic imine (C=N–C) groups is 3. The van der Waals surface area contributed by atoms with Crippen molar-refractivity contribution in [2.24, 2.45) is 15.0 Å². The molecule has 34 heavy (non-hydrogen) atoms. The lowest BCUT2D eigenvalue weighted by Crippen LogP contribution is -2.35. The molecule has 9 heteroatoms. The van der Waals surface area contributed by atoms with Crippen LogP contribution >= 0.6 is 0 Å². The molecule has 2 rings (SSSR count). The third kappa shape index (κ3) is 6.30. The zero-order chi connectivity index (χ0) is 25.7. The minimum absolute atomic E-state index is 0.821. The van der Waals surface area contributed by atoms with E-state index in [1.807, 2.05) is 132 Å². The predicted molar refractivity (Wildman–Crippen MR) is 147 cm³/mol. The second-order valence-corrected chi connectivity index (χ2v) is 9.44. The van der Waals surface area contributed by atoms with Crippen LogP contribution in [0.3, 0.4) is 0 Å².